The van der Waals surface area contributed by atoms with Gasteiger partial charge < -0.3 is 10.2 Å². The van der Waals surface area contributed by atoms with E-state index in [4.69, 9.17) is 19.2 Å². The predicted octanol–water partition coefficient (Wildman–Crippen LogP) is -0.989. The summed E-state index contributed by atoms with van der Waals surface area (Å²) in [6.45, 7) is 7.49. The van der Waals surface area contributed by atoms with Crippen molar-refractivity contribution < 1.29 is 15.0 Å². The number of carboxylic acid groups (broad SMARTS) is 1. The van der Waals surface area contributed by atoms with Crippen LogP contribution in [0.5, 0.6) is 0 Å². The Balaban J connectivity index is 2.64. The van der Waals surface area contributed by atoms with Gasteiger partial charge in [0, 0.05) is 73.0 Å². The first kappa shape index (κ1) is 19.3. The Morgan fingerprint density at radius 1 is 0.955 bits per heavy atom. The summed E-state index contributed by atoms with van der Waals surface area (Å²) in [7, 11) is 11.8. The van der Waals surface area contributed by atoms with Gasteiger partial charge >= 0.3 is 5.97 Å². The number of aliphatic hydroxyl groups excluding tert-OH is 1. The van der Waals surface area contributed by atoms with Crippen LogP contribution in [0.25, 0.3) is 0 Å². The van der Waals surface area contributed by atoms with Gasteiger partial charge in [-0.15, -0.1) is 0 Å². The lowest BCUT2D eigenvalue weighted by Crippen LogP contribution is -2.46. The van der Waals surface area contributed by atoms with E-state index >= 15 is 0 Å². The lowest BCUT2D eigenvalue weighted by atomic mass is 10.3. The molecule has 1 rings (SSSR count). The molecule has 1 atom stereocenters. The Kier molecular flexibility index (Phi) is 8.89. The molecule has 1 aliphatic heterocycles. The fraction of sp³-hybridized carbons (Fsp3) is 0.800. The van der Waals surface area contributed by atoms with Crippen LogP contribution in [0.15, 0.2) is 0 Å². The second-order valence-electron chi connectivity index (χ2n) is 5.89. The molecule has 7 nitrogen and oxygen atoms in total. The minimum Gasteiger partial charge on any atom is -0.480 e. The third-order valence-corrected chi connectivity index (χ3v) is 3.70. The van der Waals surface area contributed by atoms with E-state index in [-0.39, 0.29) is 6.54 Å². The van der Waals surface area contributed by atoms with E-state index in [2.05, 4.69) is 4.90 Å². The number of aliphatic carboxylic acids is 1. The van der Waals surface area contributed by atoms with Gasteiger partial charge in [-0.25, -0.2) is 0 Å². The Bertz CT molecular complexity index is 328. The van der Waals surface area contributed by atoms with Crippen molar-refractivity contribution in [1.82, 2.24) is 19.6 Å². The summed E-state index contributed by atoms with van der Waals surface area (Å²) in [6, 6.07) is 0. The second kappa shape index (κ2) is 10.1. The number of nitrogens with zero attached hydrogens (tertiary/aromatic N) is 4. The van der Waals surface area contributed by atoms with Crippen LogP contribution in [-0.2, 0) is 4.79 Å². The summed E-state index contributed by atoms with van der Waals surface area (Å²) in [4.78, 5) is 18.3. The Hall–Kier alpha value is -0.730. The standard InChI is InChI=1S/C15H28N4O3/c1-14(20)12-18-8-6-16(2)4-5-17(3)7-9-19(11-10-18)13-15(21)22/h2-3,14,20H,4-13H2,1H3,(H,21,22). The average molecular weight is 312 g/mol. The molecule has 0 aromatic rings. The van der Waals surface area contributed by atoms with E-state index in [1.165, 1.54) is 0 Å². The van der Waals surface area contributed by atoms with Crippen LogP contribution in [0.3, 0.4) is 0 Å². The van der Waals surface area contributed by atoms with Crippen LogP contribution in [0.2, 0.25) is 0 Å². The van der Waals surface area contributed by atoms with E-state index in [1.807, 2.05) is 4.90 Å². The monoisotopic (exact) mass is 312 g/mol. The molecule has 1 heterocycles. The lowest BCUT2D eigenvalue weighted by Gasteiger charge is -2.31. The summed E-state index contributed by atoms with van der Waals surface area (Å²) in [5, 5.41) is 18.6. The van der Waals surface area contributed by atoms with Crippen molar-refractivity contribution in [3.63, 3.8) is 0 Å². The summed E-state index contributed by atoms with van der Waals surface area (Å²) in [5.41, 5.74) is 0. The number of aliphatic hydroxyl groups is 1. The van der Waals surface area contributed by atoms with Crippen molar-refractivity contribution in [3.05, 3.63) is 14.1 Å². The van der Waals surface area contributed by atoms with Gasteiger partial charge in [-0.1, -0.05) is 0 Å². The number of β-amino-alcohol motifs (C(OH)–C–C–N with tert-alkyl or cyclic N) is 1. The molecule has 7 heteroatoms. The third kappa shape index (κ3) is 8.65. The molecule has 1 fully saturated rings. The van der Waals surface area contributed by atoms with Crippen LogP contribution >= 0.6 is 0 Å². The average Bonchev–Trinajstić information content (AvgIpc) is 2.42. The van der Waals surface area contributed by atoms with Gasteiger partial charge in [0.05, 0.1) is 12.6 Å². The van der Waals surface area contributed by atoms with Gasteiger partial charge in [0.1, 0.15) is 0 Å². The normalized spacial score (nSPS) is 23.6. The van der Waals surface area contributed by atoms with Crippen LogP contribution < -0.4 is 0 Å². The zero-order valence-electron chi connectivity index (χ0n) is 13.4. The van der Waals surface area contributed by atoms with Gasteiger partial charge in [0.2, 0.25) is 0 Å². The van der Waals surface area contributed by atoms with Crippen molar-refractivity contribution in [2.45, 2.75) is 13.0 Å². The maximum atomic E-state index is 11.0. The molecule has 0 saturated carbocycles. The number of carboxylic acids is 1. The molecule has 0 spiro atoms. The highest BCUT2D eigenvalue weighted by Crippen LogP contribution is 2.00. The van der Waals surface area contributed by atoms with E-state index in [1.54, 1.807) is 16.7 Å². The topological polar surface area (TPSA) is 70.5 Å². The Morgan fingerprint density at radius 2 is 1.36 bits per heavy atom. The highest BCUT2D eigenvalue weighted by atomic mass is 16.4. The number of hydrogen-bond acceptors (Lipinski definition) is 6. The molecular weight excluding hydrogens is 284 g/mol. The van der Waals surface area contributed by atoms with Crippen molar-refractivity contribution in [3.8, 4) is 0 Å². The van der Waals surface area contributed by atoms with E-state index < -0.39 is 12.1 Å². The van der Waals surface area contributed by atoms with Crippen molar-refractivity contribution in [1.29, 1.82) is 0 Å². The van der Waals surface area contributed by atoms with Crippen LogP contribution in [-0.4, -0.2) is 107 Å². The van der Waals surface area contributed by atoms with E-state index in [0.717, 1.165) is 6.54 Å². The van der Waals surface area contributed by atoms with Crippen LogP contribution in [0.4, 0.5) is 0 Å². The minimum absolute atomic E-state index is 0.000623. The number of hydrogen-bond donors (Lipinski definition) is 2. The Morgan fingerprint density at radius 3 is 1.86 bits per heavy atom. The maximum absolute atomic E-state index is 11.0. The van der Waals surface area contributed by atoms with Gasteiger partial charge in [-0.2, -0.15) is 0 Å². The summed E-state index contributed by atoms with van der Waals surface area (Å²) < 4.78 is 0. The molecule has 126 valence electrons. The molecule has 0 aliphatic carbocycles. The largest absolute Gasteiger partial charge is 0.480 e. The molecule has 1 aliphatic rings. The van der Waals surface area contributed by atoms with Crippen molar-refractivity contribution in [2.24, 2.45) is 0 Å². The highest BCUT2D eigenvalue weighted by Gasteiger charge is 2.16. The molecule has 22 heavy (non-hydrogen) atoms. The van der Waals surface area contributed by atoms with Gasteiger partial charge in [0.15, 0.2) is 0 Å². The second-order valence-corrected chi connectivity index (χ2v) is 5.89. The molecule has 0 bridgehead atoms. The minimum atomic E-state index is -0.842. The zero-order chi connectivity index (χ0) is 16.5. The van der Waals surface area contributed by atoms with Gasteiger partial charge in [-0.3, -0.25) is 24.4 Å². The summed E-state index contributed by atoms with van der Waals surface area (Å²) >= 11 is 0. The molecule has 1 unspecified atom stereocenters. The Labute approximate surface area is 134 Å². The van der Waals surface area contributed by atoms with Crippen LogP contribution in [0, 0.1) is 14.1 Å². The SMILES string of the molecule is [CH]N1CCN([CH])CCN(CC(C)O)CCN(CC(=O)O)CC1. The summed E-state index contributed by atoms with van der Waals surface area (Å²) in [5.74, 6) is -0.842. The molecule has 0 amide bonds. The van der Waals surface area contributed by atoms with Crippen LogP contribution in [0.1, 0.15) is 6.92 Å². The molecule has 4 radical (unpaired) electrons. The zero-order valence-corrected chi connectivity index (χ0v) is 13.4. The van der Waals surface area contributed by atoms with E-state index in [0.29, 0.717) is 52.4 Å². The maximum Gasteiger partial charge on any atom is 0.317 e. The predicted molar refractivity (Wildman–Crippen MR) is 83.9 cm³/mol. The first-order valence-electron chi connectivity index (χ1n) is 7.70. The first-order valence-corrected chi connectivity index (χ1v) is 7.70. The number of rotatable bonds is 4. The molecule has 0 aromatic heterocycles. The summed E-state index contributed by atoms with van der Waals surface area (Å²) in [6.07, 6.45) is -0.424. The smallest absolute Gasteiger partial charge is 0.317 e. The molecule has 1 saturated heterocycles. The number of carbonyl (C=O) groups is 1. The lowest BCUT2D eigenvalue weighted by molar-refractivity contribution is -0.138. The van der Waals surface area contributed by atoms with E-state index in [9.17, 15) is 9.90 Å². The van der Waals surface area contributed by atoms with Crippen molar-refractivity contribution >= 4 is 5.97 Å². The fourth-order valence-corrected chi connectivity index (χ4v) is 2.43. The van der Waals surface area contributed by atoms with Gasteiger partial charge in [0.25, 0.3) is 0 Å². The molecular formula is C15H28N4O3. The van der Waals surface area contributed by atoms with Crippen molar-refractivity contribution in [2.75, 3.05) is 65.4 Å². The van der Waals surface area contributed by atoms with Gasteiger partial charge in [-0.05, 0) is 6.92 Å². The highest BCUT2D eigenvalue weighted by molar-refractivity contribution is 5.69. The quantitative estimate of drug-likeness (QED) is 0.691. The fourth-order valence-electron chi connectivity index (χ4n) is 2.43. The molecule has 2 N–H and O–H groups in total. The first-order chi connectivity index (χ1) is 10.4. The molecule has 0 aromatic carbocycles. The third-order valence-electron chi connectivity index (χ3n) is 3.70.